The summed E-state index contributed by atoms with van der Waals surface area (Å²) in [6, 6.07) is 0. The van der Waals surface area contributed by atoms with Gasteiger partial charge in [-0.15, -0.1) is 11.8 Å². The highest BCUT2D eigenvalue weighted by Crippen LogP contribution is 2.11. The van der Waals surface area contributed by atoms with Crippen LogP contribution in [0.5, 0.6) is 0 Å². The van der Waals surface area contributed by atoms with Crippen molar-refractivity contribution in [3.8, 4) is 0 Å². The van der Waals surface area contributed by atoms with Crippen LogP contribution >= 0.6 is 11.8 Å². The van der Waals surface area contributed by atoms with Gasteiger partial charge in [0.05, 0.1) is 11.5 Å². The second kappa shape index (κ2) is 9.20. The lowest BCUT2D eigenvalue weighted by Crippen LogP contribution is -2.37. The molecule has 1 rings (SSSR count). The van der Waals surface area contributed by atoms with E-state index in [2.05, 4.69) is 5.32 Å². The van der Waals surface area contributed by atoms with Crippen molar-refractivity contribution in [2.45, 2.75) is 19.3 Å². The predicted molar refractivity (Wildman–Crippen MR) is 79.3 cm³/mol. The SMILES string of the molecule is CNCCN(C)C(=O)CSCC(=O)N1CCCCC1. The molecule has 110 valence electrons. The zero-order valence-corrected chi connectivity index (χ0v) is 12.8. The van der Waals surface area contributed by atoms with Crippen molar-refractivity contribution < 1.29 is 9.59 Å². The number of amides is 2. The van der Waals surface area contributed by atoms with E-state index in [0.29, 0.717) is 18.1 Å². The molecule has 2 amide bonds. The van der Waals surface area contributed by atoms with E-state index in [4.69, 9.17) is 0 Å². The van der Waals surface area contributed by atoms with E-state index in [1.165, 1.54) is 18.2 Å². The Morgan fingerprint density at radius 2 is 1.89 bits per heavy atom. The molecule has 0 aromatic rings. The van der Waals surface area contributed by atoms with E-state index in [1.54, 1.807) is 11.9 Å². The minimum Gasteiger partial charge on any atom is -0.344 e. The van der Waals surface area contributed by atoms with Gasteiger partial charge in [-0.3, -0.25) is 9.59 Å². The van der Waals surface area contributed by atoms with Gasteiger partial charge in [-0.2, -0.15) is 0 Å². The zero-order chi connectivity index (χ0) is 14.1. The first-order chi connectivity index (χ1) is 9.15. The van der Waals surface area contributed by atoms with Crippen molar-refractivity contribution in [3.63, 3.8) is 0 Å². The Morgan fingerprint density at radius 3 is 2.53 bits per heavy atom. The first-order valence-electron chi connectivity index (χ1n) is 6.89. The number of carbonyl (C=O) groups is 2. The highest BCUT2D eigenvalue weighted by Gasteiger charge is 2.17. The van der Waals surface area contributed by atoms with Crippen LogP contribution in [0.15, 0.2) is 0 Å². The number of rotatable bonds is 7. The molecular formula is C13H25N3O2S. The molecule has 0 radical (unpaired) electrons. The Labute approximate surface area is 120 Å². The van der Waals surface area contributed by atoms with Crippen molar-refractivity contribution in [2.75, 3.05) is 51.8 Å². The fourth-order valence-corrected chi connectivity index (χ4v) is 2.83. The van der Waals surface area contributed by atoms with Crippen molar-refractivity contribution in [2.24, 2.45) is 0 Å². The highest BCUT2D eigenvalue weighted by atomic mass is 32.2. The topological polar surface area (TPSA) is 52.7 Å². The van der Waals surface area contributed by atoms with Crippen LogP contribution in [-0.2, 0) is 9.59 Å². The lowest BCUT2D eigenvalue weighted by molar-refractivity contribution is -0.129. The molecule has 0 unspecified atom stereocenters. The third kappa shape index (κ3) is 6.29. The standard InChI is InChI=1S/C13H25N3O2S/c1-14-6-9-15(2)12(17)10-19-11-13(18)16-7-4-3-5-8-16/h14H,3-11H2,1-2H3. The number of nitrogens with one attached hydrogen (secondary N) is 1. The van der Waals surface area contributed by atoms with Crippen LogP contribution in [0.25, 0.3) is 0 Å². The smallest absolute Gasteiger partial charge is 0.232 e. The third-order valence-corrected chi connectivity index (χ3v) is 4.18. The lowest BCUT2D eigenvalue weighted by atomic mass is 10.1. The largest absolute Gasteiger partial charge is 0.344 e. The van der Waals surface area contributed by atoms with E-state index in [0.717, 1.165) is 32.5 Å². The van der Waals surface area contributed by atoms with E-state index < -0.39 is 0 Å². The summed E-state index contributed by atoms with van der Waals surface area (Å²) in [6.07, 6.45) is 3.45. The summed E-state index contributed by atoms with van der Waals surface area (Å²) >= 11 is 1.42. The van der Waals surface area contributed by atoms with Crippen LogP contribution in [0.1, 0.15) is 19.3 Å². The molecule has 1 aliphatic heterocycles. The molecule has 0 aromatic heterocycles. The fraction of sp³-hybridized carbons (Fsp3) is 0.846. The highest BCUT2D eigenvalue weighted by molar-refractivity contribution is 8.00. The molecule has 0 atom stereocenters. The lowest BCUT2D eigenvalue weighted by Gasteiger charge is -2.26. The molecule has 6 heteroatoms. The van der Waals surface area contributed by atoms with E-state index >= 15 is 0 Å². The molecule has 19 heavy (non-hydrogen) atoms. The monoisotopic (exact) mass is 287 g/mol. The summed E-state index contributed by atoms with van der Waals surface area (Å²) < 4.78 is 0. The van der Waals surface area contributed by atoms with Gasteiger partial charge in [-0.25, -0.2) is 0 Å². The quantitative estimate of drug-likeness (QED) is 0.737. The number of likely N-dealkylation sites (N-methyl/N-ethyl adjacent to an activating group) is 2. The van der Waals surface area contributed by atoms with Crippen LogP contribution in [0, 0.1) is 0 Å². The second-order valence-electron chi connectivity index (χ2n) is 4.85. The Hall–Kier alpha value is -0.750. The minimum atomic E-state index is 0.0895. The summed E-state index contributed by atoms with van der Waals surface area (Å²) in [5.41, 5.74) is 0. The first-order valence-corrected chi connectivity index (χ1v) is 8.04. The minimum absolute atomic E-state index is 0.0895. The molecule has 5 nitrogen and oxygen atoms in total. The molecule has 1 N–H and O–H groups in total. The van der Waals surface area contributed by atoms with Gasteiger partial charge in [0.15, 0.2) is 0 Å². The maximum Gasteiger partial charge on any atom is 0.232 e. The van der Waals surface area contributed by atoms with Crippen molar-refractivity contribution in [3.05, 3.63) is 0 Å². The maximum absolute atomic E-state index is 11.9. The van der Waals surface area contributed by atoms with Crippen LogP contribution in [0.3, 0.4) is 0 Å². The third-order valence-electron chi connectivity index (χ3n) is 3.28. The average Bonchev–Trinajstić information content (AvgIpc) is 2.45. The van der Waals surface area contributed by atoms with Crippen molar-refractivity contribution >= 4 is 23.6 Å². The molecule has 0 aromatic carbocycles. The molecular weight excluding hydrogens is 262 g/mol. The summed E-state index contributed by atoms with van der Waals surface area (Å²) in [6.45, 7) is 3.26. The van der Waals surface area contributed by atoms with Crippen molar-refractivity contribution in [1.82, 2.24) is 15.1 Å². The molecule has 1 heterocycles. The average molecular weight is 287 g/mol. The fourth-order valence-electron chi connectivity index (χ4n) is 1.97. The van der Waals surface area contributed by atoms with Crippen molar-refractivity contribution in [1.29, 1.82) is 0 Å². The van der Waals surface area contributed by atoms with E-state index in [1.807, 2.05) is 11.9 Å². The Morgan fingerprint density at radius 1 is 1.21 bits per heavy atom. The molecule has 0 bridgehead atoms. The number of likely N-dealkylation sites (tertiary alicyclic amines) is 1. The first kappa shape index (κ1) is 16.3. The Bertz CT molecular complexity index is 294. The van der Waals surface area contributed by atoms with Gasteiger partial charge >= 0.3 is 0 Å². The molecule has 0 saturated carbocycles. The number of hydrogen-bond donors (Lipinski definition) is 1. The van der Waals surface area contributed by atoms with Crippen LogP contribution in [0.2, 0.25) is 0 Å². The normalized spacial score (nSPS) is 15.4. The molecule has 1 aliphatic rings. The Balaban J connectivity index is 2.14. The summed E-state index contributed by atoms with van der Waals surface area (Å²) in [5, 5.41) is 3.01. The predicted octanol–water partition coefficient (Wildman–Crippen LogP) is 0.410. The van der Waals surface area contributed by atoms with Gasteiger partial charge < -0.3 is 15.1 Å². The van der Waals surface area contributed by atoms with Gasteiger partial charge in [-0.05, 0) is 26.3 Å². The molecule has 1 saturated heterocycles. The second-order valence-corrected chi connectivity index (χ2v) is 5.84. The number of carbonyl (C=O) groups excluding carboxylic acids is 2. The number of hydrogen-bond acceptors (Lipinski definition) is 4. The number of thioether (sulfide) groups is 1. The summed E-state index contributed by atoms with van der Waals surface area (Å²) in [4.78, 5) is 27.3. The van der Waals surface area contributed by atoms with Gasteiger partial charge in [0, 0.05) is 33.2 Å². The van der Waals surface area contributed by atoms with E-state index in [-0.39, 0.29) is 11.8 Å². The maximum atomic E-state index is 11.9. The van der Waals surface area contributed by atoms with Crippen LogP contribution in [0.4, 0.5) is 0 Å². The molecule has 1 fully saturated rings. The van der Waals surface area contributed by atoms with Crippen LogP contribution in [-0.4, -0.2) is 73.4 Å². The summed E-state index contributed by atoms with van der Waals surface area (Å²) in [5.74, 6) is 1.08. The Kier molecular flexibility index (Phi) is 7.90. The van der Waals surface area contributed by atoms with Gasteiger partial charge in [0.1, 0.15) is 0 Å². The summed E-state index contributed by atoms with van der Waals surface area (Å²) in [7, 11) is 3.66. The van der Waals surface area contributed by atoms with Gasteiger partial charge in [0.2, 0.25) is 11.8 Å². The molecule has 0 spiro atoms. The molecule has 0 aliphatic carbocycles. The number of nitrogens with zero attached hydrogens (tertiary/aromatic N) is 2. The number of piperidine rings is 1. The van der Waals surface area contributed by atoms with E-state index in [9.17, 15) is 9.59 Å². The van der Waals surface area contributed by atoms with Gasteiger partial charge in [0.25, 0.3) is 0 Å². The van der Waals surface area contributed by atoms with Gasteiger partial charge in [-0.1, -0.05) is 0 Å². The zero-order valence-electron chi connectivity index (χ0n) is 12.0. The van der Waals surface area contributed by atoms with Crippen LogP contribution < -0.4 is 5.32 Å².